The van der Waals surface area contributed by atoms with Gasteiger partial charge in [-0.3, -0.25) is 0 Å². The van der Waals surface area contributed by atoms with Crippen molar-refractivity contribution in [2.24, 2.45) is 10.2 Å². The first-order valence-corrected chi connectivity index (χ1v) is 7.92. The van der Waals surface area contributed by atoms with E-state index in [1.54, 1.807) is 18.2 Å². The van der Waals surface area contributed by atoms with E-state index in [4.69, 9.17) is 5.73 Å². The Hall–Kier alpha value is -1.74. The van der Waals surface area contributed by atoms with Crippen LogP contribution in [0.25, 0.3) is 0 Å². The molecule has 0 atom stereocenters. The van der Waals surface area contributed by atoms with E-state index in [0.717, 1.165) is 8.96 Å². The summed E-state index contributed by atoms with van der Waals surface area (Å²) in [5.74, 6) is 0. The molecule has 0 saturated carbocycles. The lowest BCUT2D eigenvalue weighted by Gasteiger charge is -2.18. The molecule has 20 heavy (non-hydrogen) atoms. The van der Waals surface area contributed by atoms with E-state index in [-0.39, 0.29) is 0 Å². The molecule has 0 unspecified atom stereocenters. The lowest BCUT2D eigenvalue weighted by molar-refractivity contribution is 0.928. The quantitative estimate of drug-likeness (QED) is 0.375. The Kier molecular flexibility index (Phi) is 4.85. The second kappa shape index (κ2) is 6.62. The number of hydrogen-bond acceptors (Lipinski definition) is 6. The Morgan fingerprint density at radius 1 is 1.25 bits per heavy atom. The molecule has 0 spiro atoms. The van der Waals surface area contributed by atoms with Gasteiger partial charge in [-0.1, -0.05) is 6.08 Å². The van der Waals surface area contributed by atoms with E-state index in [1.165, 1.54) is 6.20 Å². The third-order valence-corrected chi connectivity index (χ3v) is 4.37. The van der Waals surface area contributed by atoms with Crippen LogP contribution in [-0.4, -0.2) is 21.0 Å². The highest BCUT2D eigenvalue weighted by Crippen LogP contribution is 2.27. The average molecular weight is 384 g/mol. The largest absolute Gasteiger partial charge is 0.750 e. The number of benzene rings is 1. The van der Waals surface area contributed by atoms with Gasteiger partial charge >= 0.3 is 0 Å². The van der Waals surface area contributed by atoms with Crippen LogP contribution < -0.4 is 10.6 Å². The van der Waals surface area contributed by atoms with Gasteiger partial charge in [0, 0.05) is 40.8 Å². The van der Waals surface area contributed by atoms with Crippen LogP contribution >= 0.6 is 21.0 Å². The fourth-order valence-electron chi connectivity index (χ4n) is 1.46. The molecule has 1 aromatic rings. The second-order valence-corrected chi connectivity index (χ2v) is 6.76. The molecule has 0 bridgehead atoms. The maximum Gasteiger partial charge on any atom is 0.134 e. The number of nitrogens with zero attached hydrogens (tertiary/aromatic N) is 4. The van der Waals surface area contributed by atoms with Crippen molar-refractivity contribution >= 4 is 41.7 Å². The Labute approximate surface area is 128 Å². The third kappa shape index (κ3) is 3.87. The summed E-state index contributed by atoms with van der Waals surface area (Å²) in [6.07, 6.45) is 6.77. The maximum atomic E-state index is 11.4. The molecule has 1 heterocycles. The molecule has 0 fully saturated rings. The van der Waals surface area contributed by atoms with E-state index >= 15 is 0 Å². The minimum atomic E-state index is -0.855. The predicted octanol–water partition coefficient (Wildman–Crippen LogP) is 3.32. The predicted molar refractivity (Wildman–Crippen MR) is 92.2 cm³/mol. The van der Waals surface area contributed by atoms with Crippen LogP contribution in [0.5, 0.6) is 0 Å². The van der Waals surface area contributed by atoms with Gasteiger partial charge in [0.1, 0.15) is 9.32 Å². The first-order valence-electron chi connectivity index (χ1n) is 5.88. The topological polar surface area (TPSA) is 80.3 Å². The van der Waals surface area contributed by atoms with Crippen LogP contribution in [0.4, 0.5) is 17.1 Å². The minimum absolute atomic E-state index is 0.563. The Balaban J connectivity index is 2.20. The van der Waals surface area contributed by atoms with Gasteiger partial charge in [-0.05, 0) is 36.6 Å². The Morgan fingerprint density at radius 2 is 2.05 bits per heavy atom. The zero-order chi connectivity index (χ0) is 14.5. The second-order valence-electron chi connectivity index (χ2n) is 4.22. The van der Waals surface area contributed by atoms with Crippen LogP contribution in [0, 0.1) is 5.21 Å². The standard InChI is InChI=1S/C13H15IN5O/c1-18(2)10-6-7-12(11(15)9-10)16-17-13-5-3-4-8-19(20)14-13/h3-9H,15H2,1-2H3/q-1. The van der Waals surface area contributed by atoms with Crippen LogP contribution in [0.15, 0.2) is 52.9 Å². The van der Waals surface area contributed by atoms with Gasteiger partial charge in [-0.25, -0.2) is 0 Å². The van der Waals surface area contributed by atoms with E-state index < -0.39 is 21.0 Å². The van der Waals surface area contributed by atoms with Crippen LogP contribution in [0.2, 0.25) is 0 Å². The molecule has 0 radical (unpaired) electrons. The van der Waals surface area contributed by atoms with Gasteiger partial charge in [0.15, 0.2) is 0 Å². The zero-order valence-corrected chi connectivity index (χ0v) is 13.4. The molecule has 0 aliphatic carbocycles. The molecular formula is C13H15IN5O-. The molecule has 1 aliphatic rings. The summed E-state index contributed by atoms with van der Waals surface area (Å²) in [6.45, 7) is 0. The molecule has 0 aromatic heterocycles. The number of hydroxylamine groups is 1. The third-order valence-electron chi connectivity index (χ3n) is 2.50. The summed E-state index contributed by atoms with van der Waals surface area (Å²) >= 11 is -0.855. The van der Waals surface area contributed by atoms with E-state index in [9.17, 15) is 5.21 Å². The van der Waals surface area contributed by atoms with E-state index in [0.29, 0.717) is 15.0 Å². The van der Waals surface area contributed by atoms with Crippen molar-refractivity contribution < 1.29 is 0 Å². The highest BCUT2D eigenvalue weighted by molar-refractivity contribution is 14.2. The number of hydrogen-bond donors (Lipinski definition) is 1. The van der Waals surface area contributed by atoms with Crippen molar-refractivity contribution in [2.75, 3.05) is 24.7 Å². The molecule has 6 nitrogen and oxygen atoms in total. The molecule has 2 rings (SSSR count). The number of nitrogens with two attached hydrogens (primary N) is 1. The Morgan fingerprint density at radius 3 is 2.75 bits per heavy atom. The first kappa shape index (κ1) is 14.7. The van der Waals surface area contributed by atoms with Crippen LogP contribution in [0.1, 0.15) is 0 Å². The average Bonchev–Trinajstić information content (AvgIpc) is 2.61. The van der Waals surface area contributed by atoms with Gasteiger partial charge < -0.3 is 19.1 Å². The normalized spacial score (nSPS) is 14.9. The molecular weight excluding hydrogens is 369 g/mol. The summed E-state index contributed by atoms with van der Waals surface area (Å²) in [5, 5.41) is 19.6. The lowest BCUT2D eigenvalue weighted by atomic mass is 10.2. The summed E-state index contributed by atoms with van der Waals surface area (Å²) in [4.78, 5) is 1.96. The summed E-state index contributed by atoms with van der Waals surface area (Å²) in [7, 11) is 3.89. The van der Waals surface area contributed by atoms with Gasteiger partial charge in [0.25, 0.3) is 0 Å². The number of nitrogen functional groups attached to an aromatic ring is 1. The summed E-state index contributed by atoms with van der Waals surface area (Å²) in [6, 6.07) is 5.59. The molecule has 1 aromatic carbocycles. The van der Waals surface area contributed by atoms with E-state index in [2.05, 4.69) is 10.2 Å². The zero-order valence-electron chi connectivity index (χ0n) is 11.2. The molecule has 0 amide bonds. The summed E-state index contributed by atoms with van der Waals surface area (Å²) < 4.78 is 1.60. The number of azo groups is 1. The van der Waals surface area contributed by atoms with E-state index in [1.807, 2.05) is 37.2 Å². The van der Waals surface area contributed by atoms with Crippen molar-refractivity contribution in [3.8, 4) is 0 Å². The van der Waals surface area contributed by atoms with Gasteiger partial charge in [0.2, 0.25) is 0 Å². The Bertz CT molecular complexity index is 607. The van der Waals surface area contributed by atoms with Crippen molar-refractivity contribution in [3.05, 3.63) is 47.8 Å². The highest BCUT2D eigenvalue weighted by atomic mass is 127. The minimum Gasteiger partial charge on any atom is -0.750 e. The smallest absolute Gasteiger partial charge is 0.134 e. The molecule has 106 valence electrons. The fraction of sp³-hybridized carbons (Fsp3) is 0.154. The number of halogens is 1. The van der Waals surface area contributed by atoms with Gasteiger partial charge in [-0.15, -0.1) is 10.2 Å². The first-order chi connectivity index (χ1) is 9.56. The molecule has 1 aliphatic heterocycles. The monoisotopic (exact) mass is 384 g/mol. The summed E-state index contributed by atoms with van der Waals surface area (Å²) in [5.41, 5.74) is 8.13. The van der Waals surface area contributed by atoms with Crippen molar-refractivity contribution in [3.63, 3.8) is 0 Å². The lowest BCUT2D eigenvalue weighted by Crippen LogP contribution is -2.08. The fourth-order valence-corrected chi connectivity index (χ4v) is 2.86. The van der Waals surface area contributed by atoms with Crippen LogP contribution in [-0.2, 0) is 0 Å². The van der Waals surface area contributed by atoms with Crippen molar-refractivity contribution in [2.45, 2.75) is 0 Å². The number of anilines is 2. The number of allylic oxidation sites excluding steroid dienone is 2. The molecule has 2 N–H and O–H groups in total. The van der Waals surface area contributed by atoms with Crippen molar-refractivity contribution in [1.29, 1.82) is 0 Å². The molecule has 7 heteroatoms. The van der Waals surface area contributed by atoms with Crippen molar-refractivity contribution in [1.82, 2.24) is 3.28 Å². The number of rotatable bonds is 3. The highest BCUT2D eigenvalue weighted by Gasteiger charge is 2.02. The maximum absolute atomic E-state index is 11.4. The van der Waals surface area contributed by atoms with Crippen LogP contribution in [0.3, 0.4) is 0 Å². The SMILES string of the molecule is CN(C)c1ccc(N=NC2=IN([O-])C=CC=C2)c(N)c1. The van der Waals surface area contributed by atoms with Gasteiger partial charge in [-0.2, -0.15) is 0 Å². The molecule has 0 saturated heterocycles. The van der Waals surface area contributed by atoms with Gasteiger partial charge in [0.05, 0.1) is 5.69 Å².